The monoisotopic (exact) mass is 515 g/mol. The van der Waals surface area contributed by atoms with Crippen molar-refractivity contribution < 1.29 is 19.1 Å². The number of nitrogens with two attached hydrogens (primary N) is 1. The van der Waals surface area contributed by atoms with E-state index in [1.165, 1.54) is 39.5 Å². The number of pyridine rings is 1. The maximum absolute atomic E-state index is 14.0. The molecule has 1 amide bonds. The van der Waals surface area contributed by atoms with Gasteiger partial charge < -0.3 is 15.4 Å². The van der Waals surface area contributed by atoms with E-state index >= 15 is 0 Å². The minimum atomic E-state index is -1.15. The maximum atomic E-state index is 14.0. The van der Waals surface area contributed by atoms with Crippen LogP contribution in [0.25, 0.3) is 22.1 Å². The topological polar surface area (TPSA) is 125 Å². The van der Waals surface area contributed by atoms with Gasteiger partial charge in [-0.2, -0.15) is 0 Å². The molecule has 3 aromatic heterocycles. The Morgan fingerprint density at radius 3 is 2.45 bits per heavy atom. The van der Waals surface area contributed by atoms with Gasteiger partial charge in [-0.25, -0.2) is 14.2 Å². The van der Waals surface area contributed by atoms with Crippen molar-refractivity contribution >= 4 is 33.9 Å². The van der Waals surface area contributed by atoms with Gasteiger partial charge in [-0.1, -0.05) is 18.2 Å². The van der Waals surface area contributed by atoms with Gasteiger partial charge in [-0.3, -0.25) is 18.7 Å². The summed E-state index contributed by atoms with van der Waals surface area (Å²) in [5.74, 6) is -2.43. The number of halogens is 1. The highest BCUT2D eigenvalue weighted by Crippen LogP contribution is 2.29. The second kappa shape index (κ2) is 9.29. The minimum Gasteiger partial charge on any atom is -0.481 e. The minimum absolute atomic E-state index is 0.0620. The van der Waals surface area contributed by atoms with Gasteiger partial charge in [0.1, 0.15) is 11.5 Å². The molecule has 10 heteroatoms. The smallest absolute Gasteiger partial charge is 0.331 e. The van der Waals surface area contributed by atoms with Crippen molar-refractivity contribution in [2.45, 2.75) is 32.9 Å². The zero-order valence-corrected chi connectivity index (χ0v) is 21.1. The molecule has 0 aliphatic carbocycles. The van der Waals surface area contributed by atoms with Crippen LogP contribution >= 0.6 is 0 Å². The lowest BCUT2D eigenvalue weighted by Gasteiger charge is -2.17. The van der Waals surface area contributed by atoms with Crippen LogP contribution in [0.5, 0.6) is 0 Å². The summed E-state index contributed by atoms with van der Waals surface area (Å²) in [4.78, 5) is 42.2. The number of amides is 1. The number of aliphatic carboxylic acids is 1. The molecule has 1 atom stereocenters. The quantitative estimate of drug-likeness (QED) is 0.342. The number of carbonyl (C=O) groups is 2. The van der Waals surface area contributed by atoms with Crippen molar-refractivity contribution in [3.8, 4) is 0 Å². The first-order valence-corrected chi connectivity index (χ1v) is 12.0. The van der Waals surface area contributed by atoms with E-state index in [1.54, 1.807) is 6.07 Å². The number of hydrogen-bond acceptors (Lipinski definition) is 4. The van der Waals surface area contributed by atoms with Crippen molar-refractivity contribution in [2.75, 3.05) is 0 Å². The first kappa shape index (κ1) is 24.9. The number of rotatable bonds is 7. The van der Waals surface area contributed by atoms with Gasteiger partial charge >= 0.3 is 11.7 Å². The second-order valence-corrected chi connectivity index (χ2v) is 9.55. The first-order valence-electron chi connectivity index (χ1n) is 12.0. The Morgan fingerprint density at radius 2 is 1.79 bits per heavy atom. The van der Waals surface area contributed by atoms with E-state index in [9.17, 15) is 23.9 Å². The van der Waals surface area contributed by atoms with Crippen LogP contribution in [0.3, 0.4) is 0 Å². The molecule has 0 aliphatic heterocycles. The van der Waals surface area contributed by atoms with E-state index < -0.39 is 35.8 Å². The molecule has 5 rings (SSSR count). The molecular weight excluding hydrogens is 489 g/mol. The number of hydrogen-bond donors (Lipinski definition) is 2. The Balaban J connectivity index is 1.77. The summed E-state index contributed by atoms with van der Waals surface area (Å²) < 4.78 is 18.4. The first-order chi connectivity index (χ1) is 18.0. The zero-order valence-electron chi connectivity index (χ0n) is 21.1. The van der Waals surface area contributed by atoms with Gasteiger partial charge in [0.15, 0.2) is 5.65 Å². The van der Waals surface area contributed by atoms with E-state index in [0.717, 1.165) is 27.6 Å². The van der Waals surface area contributed by atoms with Crippen molar-refractivity contribution in [3.63, 3.8) is 0 Å². The predicted octanol–water partition coefficient (Wildman–Crippen LogP) is 3.66. The lowest BCUT2D eigenvalue weighted by molar-refractivity contribution is -0.137. The van der Waals surface area contributed by atoms with Gasteiger partial charge in [0.2, 0.25) is 0 Å². The molecule has 0 bridgehead atoms. The van der Waals surface area contributed by atoms with Crippen molar-refractivity contribution in [3.05, 3.63) is 99.0 Å². The molecule has 0 fully saturated rings. The molecule has 3 heterocycles. The number of primary amides is 1. The third kappa shape index (κ3) is 4.23. The van der Waals surface area contributed by atoms with Crippen LogP contribution in [-0.4, -0.2) is 35.7 Å². The molecule has 0 saturated heterocycles. The molecule has 0 aliphatic rings. The molecule has 0 radical (unpaired) electrons. The second-order valence-electron chi connectivity index (χ2n) is 9.55. The molecule has 38 heavy (non-hydrogen) atoms. The number of benzene rings is 2. The number of carbonyl (C=O) groups excluding carboxylic acids is 1. The third-order valence-corrected chi connectivity index (χ3v) is 6.84. The van der Waals surface area contributed by atoms with E-state index in [4.69, 9.17) is 5.73 Å². The summed E-state index contributed by atoms with van der Waals surface area (Å²) >= 11 is 0. The number of aromatic nitrogens is 4. The Kier molecular flexibility index (Phi) is 6.10. The van der Waals surface area contributed by atoms with Crippen LogP contribution in [0.15, 0.2) is 59.5 Å². The van der Waals surface area contributed by atoms with Gasteiger partial charge in [0, 0.05) is 24.1 Å². The van der Waals surface area contributed by atoms with Gasteiger partial charge in [-0.05, 0) is 66.4 Å². The van der Waals surface area contributed by atoms with Gasteiger partial charge in [-0.15, -0.1) is 0 Å². The summed E-state index contributed by atoms with van der Waals surface area (Å²) in [6.45, 7) is 4.23. The molecule has 2 aromatic carbocycles. The van der Waals surface area contributed by atoms with E-state index in [0.29, 0.717) is 11.1 Å². The van der Waals surface area contributed by atoms with Crippen molar-refractivity contribution in [2.24, 2.45) is 12.8 Å². The van der Waals surface area contributed by atoms with Gasteiger partial charge in [0.25, 0.3) is 5.91 Å². The maximum Gasteiger partial charge on any atom is 0.331 e. The normalized spacial score (nSPS) is 12.3. The summed E-state index contributed by atoms with van der Waals surface area (Å²) in [5, 5.41) is 10.7. The lowest BCUT2D eigenvalue weighted by Crippen LogP contribution is -2.30. The number of carboxylic acid groups (broad SMARTS) is 1. The fraction of sp³-hybridized carbons (Fsp3) is 0.214. The Hall–Kier alpha value is -4.73. The highest BCUT2D eigenvalue weighted by Gasteiger charge is 2.27. The van der Waals surface area contributed by atoms with E-state index in [2.05, 4.69) is 17.1 Å². The standard InChI is InChI=1S/C28H26FN5O4/c1-15-10-16(2)25-18(13-32(3)23(25)11-15)14-33-21-9-8-20(26(30)37)31-27(21)34(28(33)38)22(12-24(35)36)17-4-6-19(29)7-5-17/h4-11,13,22H,12,14H2,1-3H3,(H2,30,37)(H,35,36). The molecule has 194 valence electrons. The molecule has 9 nitrogen and oxygen atoms in total. The SMILES string of the molecule is Cc1cc(C)c2c(Cn3c(=O)n(C(CC(=O)O)c4ccc(F)cc4)c4nc(C(N)=O)ccc43)cn(C)c2c1. The molecule has 5 aromatic rings. The highest BCUT2D eigenvalue weighted by molar-refractivity contribution is 5.93. The average molecular weight is 516 g/mol. The lowest BCUT2D eigenvalue weighted by atomic mass is 10.0. The fourth-order valence-electron chi connectivity index (χ4n) is 5.23. The van der Waals surface area contributed by atoms with E-state index in [-0.39, 0.29) is 17.9 Å². The van der Waals surface area contributed by atoms with E-state index in [1.807, 2.05) is 31.7 Å². The van der Waals surface area contributed by atoms with Crippen LogP contribution < -0.4 is 11.4 Å². The highest BCUT2D eigenvalue weighted by atomic mass is 19.1. The average Bonchev–Trinajstić information content (AvgIpc) is 3.31. The van der Waals surface area contributed by atoms with Crippen molar-refractivity contribution in [1.82, 2.24) is 18.7 Å². The molecule has 1 unspecified atom stereocenters. The number of fused-ring (bicyclic) bond motifs is 2. The number of imidazole rings is 1. The largest absolute Gasteiger partial charge is 0.481 e. The summed E-state index contributed by atoms with van der Waals surface area (Å²) in [5.41, 5.74) is 9.96. The number of nitrogens with zero attached hydrogens (tertiary/aromatic N) is 4. The number of aryl methyl sites for hydroxylation is 3. The predicted molar refractivity (Wildman–Crippen MR) is 141 cm³/mol. The Bertz CT molecular complexity index is 1800. The van der Waals surface area contributed by atoms with Crippen LogP contribution in [0.4, 0.5) is 4.39 Å². The van der Waals surface area contributed by atoms with Crippen LogP contribution in [0.2, 0.25) is 0 Å². The molecular formula is C28H26FN5O4. The molecule has 0 saturated carbocycles. The Morgan fingerprint density at radius 1 is 1.08 bits per heavy atom. The van der Waals surface area contributed by atoms with Crippen molar-refractivity contribution in [1.29, 1.82) is 0 Å². The third-order valence-electron chi connectivity index (χ3n) is 6.84. The van der Waals surface area contributed by atoms with Gasteiger partial charge in [0.05, 0.1) is 24.5 Å². The Labute approximate surface area is 216 Å². The molecule has 0 spiro atoms. The summed E-state index contributed by atoms with van der Waals surface area (Å²) in [7, 11) is 1.94. The summed E-state index contributed by atoms with van der Waals surface area (Å²) in [6.07, 6.45) is 1.51. The summed E-state index contributed by atoms with van der Waals surface area (Å²) in [6, 6.07) is 11.5. The zero-order chi connectivity index (χ0) is 27.3. The van der Waals surface area contributed by atoms with Crippen LogP contribution in [-0.2, 0) is 18.4 Å². The molecule has 3 N–H and O–H groups in total. The number of carboxylic acids is 1. The van der Waals surface area contributed by atoms with Crippen LogP contribution in [0, 0.1) is 19.7 Å². The van der Waals surface area contributed by atoms with Crippen LogP contribution in [0.1, 0.15) is 45.2 Å². The fourth-order valence-corrected chi connectivity index (χ4v) is 5.23.